The van der Waals surface area contributed by atoms with Gasteiger partial charge in [0.2, 0.25) is 5.91 Å². The van der Waals surface area contributed by atoms with E-state index in [-0.39, 0.29) is 12.3 Å². The minimum atomic E-state index is -0.177. The fraction of sp³-hybridized carbons (Fsp3) is 0.267. The highest BCUT2D eigenvalue weighted by atomic mass is 16.1. The first kappa shape index (κ1) is 13.8. The number of carbonyl (C=O) groups excluding carboxylic acids is 1. The van der Waals surface area contributed by atoms with Crippen LogP contribution in [0.1, 0.15) is 22.3 Å². The first-order valence-electron chi connectivity index (χ1n) is 6.29. The summed E-state index contributed by atoms with van der Waals surface area (Å²) in [6, 6.07) is 7.94. The summed E-state index contributed by atoms with van der Waals surface area (Å²) >= 11 is 0. The summed E-state index contributed by atoms with van der Waals surface area (Å²) < 4.78 is 1.50. The van der Waals surface area contributed by atoms with E-state index in [1.807, 2.05) is 38.1 Å². The van der Waals surface area contributed by atoms with E-state index in [1.165, 1.54) is 10.2 Å². The number of aromatic nitrogens is 2. The second kappa shape index (κ2) is 5.57. The van der Waals surface area contributed by atoms with E-state index in [2.05, 4.69) is 10.4 Å². The minimum absolute atomic E-state index is 0.177. The molecule has 102 valence electrons. The number of nitriles is 1. The molecule has 1 heterocycles. The van der Waals surface area contributed by atoms with Crippen molar-refractivity contribution < 1.29 is 4.79 Å². The molecule has 0 aliphatic heterocycles. The second-order valence-electron chi connectivity index (χ2n) is 4.82. The lowest BCUT2D eigenvalue weighted by atomic mass is 10.0. The maximum atomic E-state index is 12.0. The van der Waals surface area contributed by atoms with Crippen LogP contribution in [0.4, 0.5) is 5.82 Å². The SMILES string of the molecule is Cc1ccc(CC(=O)Nc2nn(C)cc2C#N)cc1C. The van der Waals surface area contributed by atoms with Crippen molar-refractivity contribution in [1.29, 1.82) is 5.26 Å². The van der Waals surface area contributed by atoms with Gasteiger partial charge in [0, 0.05) is 13.2 Å². The number of benzene rings is 1. The zero-order chi connectivity index (χ0) is 14.7. The molecule has 0 aliphatic rings. The molecule has 5 nitrogen and oxygen atoms in total. The molecule has 0 unspecified atom stereocenters. The van der Waals surface area contributed by atoms with Crippen LogP contribution < -0.4 is 5.32 Å². The predicted octanol–water partition coefficient (Wildman–Crippen LogP) is 2.09. The van der Waals surface area contributed by atoms with Gasteiger partial charge in [-0.3, -0.25) is 9.48 Å². The van der Waals surface area contributed by atoms with Crippen LogP contribution in [0.15, 0.2) is 24.4 Å². The number of hydrogen-bond acceptors (Lipinski definition) is 3. The van der Waals surface area contributed by atoms with E-state index < -0.39 is 0 Å². The van der Waals surface area contributed by atoms with Gasteiger partial charge in [0.15, 0.2) is 5.82 Å². The van der Waals surface area contributed by atoms with Crippen molar-refractivity contribution in [2.24, 2.45) is 7.05 Å². The molecule has 1 aromatic carbocycles. The zero-order valence-electron chi connectivity index (χ0n) is 11.8. The highest BCUT2D eigenvalue weighted by Gasteiger charge is 2.11. The van der Waals surface area contributed by atoms with Crippen LogP contribution >= 0.6 is 0 Å². The fourth-order valence-corrected chi connectivity index (χ4v) is 1.94. The van der Waals surface area contributed by atoms with Gasteiger partial charge >= 0.3 is 0 Å². The van der Waals surface area contributed by atoms with Gasteiger partial charge < -0.3 is 5.32 Å². The van der Waals surface area contributed by atoms with Crippen molar-refractivity contribution in [3.63, 3.8) is 0 Å². The number of amides is 1. The Kier molecular flexibility index (Phi) is 3.85. The van der Waals surface area contributed by atoms with Crippen LogP contribution in [0.3, 0.4) is 0 Å². The number of hydrogen-bond donors (Lipinski definition) is 1. The molecule has 0 bridgehead atoms. The number of rotatable bonds is 3. The Balaban J connectivity index is 2.09. The van der Waals surface area contributed by atoms with E-state index in [0.29, 0.717) is 11.4 Å². The van der Waals surface area contributed by atoms with Crippen molar-refractivity contribution in [3.05, 3.63) is 46.6 Å². The van der Waals surface area contributed by atoms with Crippen LogP contribution in [0, 0.1) is 25.2 Å². The average molecular weight is 268 g/mol. The molecule has 5 heteroatoms. The summed E-state index contributed by atoms with van der Waals surface area (Å²) in [5, 5.41) is 15.7. The Morgan fingerprint density at radius 1 is 1.40 bits per heavy atom. The molecule has 0 aliphatic carbocycles. The van der Waals surface area contributed by atoms with Crippen molar-refractivity contribution >= 4 is 11.7 Å². The van der Waals surface area contributed by atoms with Crippen molar-refractivity contribution in [2.75, 3.05) is 5.32 Å². The molecule has 2 aromatic rings. The summed E-state index contributed by atoms with van der Waals surface area (Å²) in [5.41, 5.74) is 3.66. The number of aryl methyl sites for hydroxylation is 3. The van der Waals surface area contributed by atoms with Gasteiger partial charge in [-0.1, -0.05) is 18.2 Å². The van der Waals surface area contributed by atoms with Gasteiger partial charge in [-0.15, -0.1) is 0 Å². The lowest BCUT2D eigenvalue weighted by Gasteiger charge is -2.05. The Hall–Kier alpha value is -2.61. The summed E-state index contributed by atoms with van der Waals surface area (Å²) in [7, 11) is 1.71. The third-order valence-electron chi connectivity index (χ3n) is 3.14. The lowest BCUT2D eigenvalue weighted by Crippen LogP contribution is -2.15. The summed E-state index contributed by atoms with van der Waals surface area (Å²) in [6.45, 7) is 4.05. The topological polar surface area (TPSA) is 70.7 Å². The summed E-state index contributed by atoms with van der Waals surface area (Å²) in [4.78, 5) is 12.0. The first-order valence-corrected chi connectivity index (χ1v) is 6.29. The fourth-order valence-electron chi connectivity index (χ4n) is 1.94. The van der Waals surface area contributed by atoms with Crippen molar-refractivity contribution in [2.45, 2.75) is 20.3 Å². The first-order chi connectivity index (χ1) is 9.49. The number of nitrogens with zero attached hydrogens (tertiary/aromatic N) is 3. The van der Waals surface area contributed by atoms with Crippen LogP contribution in [-0.4, -0.2) is 15.7 Å². The molecule has 0 spiro atoms. The van der Waals surface area contributed by atoms with Crippen molar-refractivity contribution in [3.8, 4) is 6.07 Å². The minimum Gasteiger partial charge on any atom is -0.308 e. The van der Waals surface area contributed by atoms with Gasteiger partial charge in [0.25, 0.3) is 0 Å². The smallest absolute Gasteiger partial charge is 0.230 e. The van der Waals surface area contributed by atoms with E-state index in [9.17, 15) is 4.79 Å². The molecule has 1 aromatic heterocycles. The monoisotopic (exact) mass is 268 g/mol. The third kappa shape index (κ3) is 3.04. The Morgan fingerprint density at radius 2 is 2.15 bits per heavy atom. The van der Waals surface area contributed by atoms with Crippen molar-refractivity contribution in [1.82, 2.24) is 9.78 Å². The molecule has 2 rings (SSSR count). The quantitative estimate of drug-likeness (QED) is 0.926. The second-order valence-corrected chi connectivity index (χ2v) is 4.82. The number of nitrogens with one attached hydrogen (secondary N) is 1. The maximum Gasteiger partial charge on any atom is 0.230 e. The molecule has 20 heavy (non-hydrogen) atoms. The predicted molar refractivity (Wildman–Crippen MR) is 76.2 cm³/mol. The number of carbonyl (C=O) groups is 1. The standard InChI is InChI=1S/C15H16N4O/c1-10-4-5-12(6-11(10)2)7-14(20)17-15-13(8-16)9-19(3)18-15/h4-6,9H,7H2,1-3H3,(H,17,18,20). The van der Waals surface area contributed by atoms with Gasteiger partial charge in [-0.05, 0) is 30.5 Å². The van der Waals surface area contributed by atoms with Gasteiger partial charge in [-0.2, -0.15) is 10.4 Å². The van der Waals surface area contributed by atoms with Gasteiger partial charge in [0.1, 0.15) is 11.6 Å². The van der Waals surface area contributed by atoms with E-state index in [4.69, 9.17) is 5.26 Å². The Bertz CT molecular complexity index is 694. The Morgan fingerprint density at radius 3 is 2.80 bits per heavy atom. The largest absolute Gasteiger partial charge is 0.308 e. The summed E-state index contributed by atoms with van der Waals surface area (Å²) in [5.74, 6) is 0.132. The van der Waals surface area contributed by atoms with Crippen LogP contribution in [0.2, 0.25) is 0 Å². The van der Waals surface area contributed by atoms with Gasteiger partial charge in [0.05, 0.1) is 6.42 Å². The summed E-state index contributed by atoms with van der Waals surface area (Å²) in [6.07, 6.45) is 1.84. The van der Waals surface area contributed by atoms with E-state index in [1.54, 1.807) is 13.2 Å². The normalized spacial score (nSPS) is 10.1. The molecular weight excluding hydrogens is 252 g/mol. The molecule has 0 fully saturated rings. The lowest BCUT2D eigenvalue weighted by molar-refractivity contribution is -0.115. The number of anilines is 1. The molecular formula is C15H16N4O. The highest BCUT2D eigenvalue weighted by Crippen LogP contribution is 2.13. The molecule has 0 atom stereocenters. The Labute approximate surface area is 117 Å². The molecule has 0 radical (unpaired) electrons. The van der Waals surface area contributed by atoms with Crippen LogP contribution in [-0.2, 0) is 18.3 Å². The maximum absolute atomic E-state index is 12.0. The average Bonchev–Trinajstić information content (AvgIpc) is 2.74. The molecule has 0 saturated heterocycles. The van der Waals surface area contributed by atoms with E-state index in [0.717, 1.165) is 11.1 Å². The molecule has 1 N–H and O–H groups in total. The third-order valence-corrected chi connectivity index (χ3v) is 3.14. The zero-order valence-corrected chi connectivity index (χ0v) is 11.8. The molecule has 0 saturated carbocycles. The van der Waals surface area contributed by atoms with E-state index >= 15 is 0 Å². The van der Waals surface area contributed by atoms with Gasteiger partial charge in [-0.25, -0.2) is 0 Å². The van der Waals surface area contributed by atoms with Crippen LogP contribution in [0.25, 0.3) is 0 Å². The highest BCUT2D eigenvalue weighted by molar-refractivity contribution is 5.92. The van der Waals surface area contributed by atoms with Crippen LogP contribution in [0.5, 0.6) is 0 Å². The molecule has 1 amide bonds.